The van der Waals surface area contributed by atoms with Crippen molar-refractivity contribution in [1.82, 2.24) is 9.47 Å². The smallest absolute Gasteiger partial charge is 0.340 e. The zero-order valence-corrected chi connectivity index (χ0v) is 17.9. The molecule has 6 heteroatoms. The maximum absolute atomic E-state index is 12.9. The van der Waals surface area contributed by atoms with Gasteiger partial charge in [-0.1, -0.05) is 24.8 Å². The predicted octanol–water partition coefficient (Wildman–Crippen LogP) is 4.12. The summed E-state index contributed by atoms with van der Waals surface area (Å²) in [7, 11) is 5.49. The van der Waals surface area contributed by atoms with E-state index in [4.69, 9.17) is 9.47 Å². The molecule has 0 aliphatic carbocycles. The number of ether oxygens (including phenoxy) is 2. The van der Waals surface area contributed by atoms with Gasteiger partial charge in [-0.25, -0.2) is 4.79 Å². The summed E-state index contributed by atoms with van der Waals surface area (Å²) in [6, 6.07) is 11.4. The maximum Gasteiger partial charge on any atom is 0.340 e. The van der Waals surface area contributed by atoms with Gasteiger partial charge in [0.15, 0.2) is 0 Å². The van der Waals surface area contributed by atoms with Gasteiger partial charge in [-0.05, 0) is 50.8 Å². The first-order chi connectivity index (χ1) is 14.4. The minimum atomic E-state index is -0.420. The maximum atomic E-state index is 12.9. The molecule has 6 nitrogen and oxygen atoms in total. The Morgan fingerprint density at radius 2 is 1.90 bits per heavy atom. The molecule has 3 aromatic rings. The van der Waals surface area contributed by atoms with Crippen LogP contribution >= 0.6 is 0 Å². The number of fused-ring (bicyclic) bond motifs is 1. The van der Waals surface area contributed by atoms with Crippen molar-refractivity contribution < 1.29 is 19.4 Å². The molecule has 0 saturated carbocycles. The summed E-state index contributed by atoms with van der Waals surface area (Å²) in [4.78, 5) is 14.9. The number of benzene rings is 2. The number of nitrogens with zero attached hydrogens (tertiary/aromatic N) is 2. The Kier molecular flexibility index (Phi) is 6.47. The van der Waals surface area contributed by atoms with E-state index < -0.39 is 5.97 Å². The highest BCUT2D eigenvalue weighted by Crippen LogP contribution is 2.35. The van der Waals surface area contributed by atoms with Gasteiger partial charge in [-0.15, -0.1) is 0 Å². The van der Waals surface area contributed by atoms with Gasteiger partial charge in [-0.3, -0.25) is 0 Å². The molecule has 3 rings (SSSR count). The monoisotopic (exact) mass is 408 g/mol. The van der Waals surface area contributed by atoms with E-state index in [1.54, 1.807) is 19.3 Å². The van der Waals surface area contributed by atoms with Crippen molar-refractivity contribution in [3.63, 3.8) is 0 Å². The van der Waals surface area contributed by atoms with E-state index in [1.807, 2.05) is 56.3 Å². The van der Waals surface area contributed by atoms with Crippen LogP contribution < -0.4 is 4.74 Å². The normalized spacial score (nSPS) is 11.1. The van der Waals surface area contributed by atoms with Crippen molar-refractivity contribution >= 4 is 16.9 Å². The predicted molar refractivity (Wildman–Crippen MR) is 118 cm³/mol. The van der Waals surface area contributed by atoms with Gasteiger partial charge in [0, 0.05) is 29.7 Å². The lowest BCUT2D eigenvalue weighted by Gasteiger charge is -2.14. The van der Waals surface area contributed by atoms with E-state index in [2.05, 4.69) is 11.1 Å². The Hall–Kier alpha value is -3.25. The van der Waals surface area contributed by atoms with Crippen molar-refractivity contribution in [3.8, 4) is 11.5 Å². The zero-order valence-electron chi connectivity index (χ0n) is 17.9. The molecule has 1 N–H and O–H groups in total. The van der Waals surface area contributed by atoms with Crippen LogP contribution in [-0.4, -0.2) is 48.4 Å². The van der Waals surface area contributed by atoms with Crippen molar-refractivity contribution in [1.29, 1.82) is 0 Å². The molecule has 0 aliphatic rings. The molecule has 0 radical (unpaired) electrons. The number of aromatic nitrogens is 1. The number of methoxy groups -OCH3 is 1. The molecule has 0 saturated heterocycles. The van der Waals surface area contributed by atoms with Crippen molar-refractivity contribution in [2.24, 2.45) is 0 Å². The van der Waals surface area contributed by atoms with E-state index in [-0.39, 0.29) is 12.4 Å². The molecule has 0 aliphatic heterocycles. The lowest BCUT2D eigenvalue weighted by Crippen LogP contribution is -2.12. The molecule has 0 spiro atoms. The molecule has 2 aromatic carbocycles. The number of rotatable bonds is 8. The zero-order chi connectivity index (χ0) is 21.8. The van der Waals surface area contributed by atoms with Crippen molar-refractivity contribution in [2.75, 3.05) is 27.8 Å². The average molecular weight is 408 g/mol. The summed E-state index contributed by atoms with van der Waals surface area (Å²) in [5, 5.41) is 11.3. The number of carbonyl (C=O) groups is 1. The minimum absolute atomic E-state index is 0.130. The number of aromatic hydroxyl groups is 1. The van der Waals surface area contributed by atoms with Crippen molar-refractivity contribution in [2.45, 2.75) is 20.0 Å². The second kappa shape index (κ2) is 9.05. The molecule has 1 aromatic heterocycles. The van der Waals surface area contributed by atoms with Crippen LogP contribution in [0.3, 0.4) is 0 Å². The summed E-state index contributed by atoms with van der Waals surface area (Å²) in [5.41, 5.74) is 3.93. The van der Waals surface area contributed by atoms with Crippen LogP contribution in [0.25, 0.3) is 10.9 Å². The fourth-order valence-corrected chi connectivity index (χ4v) is 3.67. The van der Waals surface area contributed by atoms with Crippen LogP contribution in [0.4, 0.5) is 0 Å². The largest absolute Gasteiger partial charge is 0.508 e. The molecule has 30 heavy (non-hydrogen) atoms. The number of hydrogen-bond donors (Lipinski definition) is 1. The Bertz CT molecular complexity index is 1070. The second-order valence-electron chi connectivity index (χ2n) is 7.48. The van der Waals surface area contributed by atoms with Gasteiger partial charge in [-0.2, -0.15) is 0 Å². The van der Waals surface area contributed by atoms with E-state index >= 15 is 0 Å². The quantitative estimate of drug-likeness (QED) is 0.449. The van der Waals surface area contributed by atoms with E-state index in [9.17, 15) is 9.90 Å². The molecule has 0 unspecified atom stereocenters. The SMILES string of the molecule is C=CCOC(=O)c1c(C)n(Cc2ccc(OC)cc2)c2ccc(O)c(CN(C)C)c12. The average Bonchev–Trinajstić information content (AvgIpc) is 3.00. The van der Waals surface area contributed by atoms with Gasteiger partial charge in [0.05, 0.1) is 18.2 Å². The molecule has 0 fully saturated rings. The van der Waals surface area contributed by atoms with Crippen LogP contribution in [0.2, 0.25) is 0 Å². The number of carbonyl (C=O) groups excluding carboxylic acids is 1. The van der Waals surface area contributed by atoms with Crippen LogP contribution in [-0.2, 0) is 17.8 Å². The van der Waals surface area contributed by atoms with Crippen LogP contribution in [0.5, 0.6) is 11.5 Å². The molecule has 0 amide bonds. The van der Waals surface area contributed by atoms with Gasteiger partial charge in [0.1, 0.15) is 18.1 Å². The van der Waals surface area contributed by atoms with Gasteiger partial charge < -0.3 is 24.0 Å². The third-order valence-electron chi connectivity index (χ3n) is 5.08. The molecule has 1 heterocycles. The number of phenolic OH excluding ortho intramolecular Hbond substituents is 1. The number of hydrogen-bond acceptors (Lipinski definition) is 5. The number of esters is 1. The Labute approximate surface area is 176 Å². The van der Waals surface area contributed by atoms with Gasteiger partial charge >= 0.3 is 5.97 Å². The summed E-state index contributed by atoms with van der Waals surface area (Å²) in [5.74, 6) is 0.534. The lowest BCUT2D eigenvalue weighted by molar-refractivity contribution is 0.0551. The first-order valence-corrected chi connectivity index (χ1v) is 9.76. The Morgan fingerprint density at radius 1 is 1.20 bits per heavy atom. The van der Waals surface area contributed by atoms with E-state index in [0.717, 1.165) is 27.9 Å². The summed E-state index contributed by atoms with van der Waals surface area (Å²) in [6.45, 7) is 6.73. The third kappa shape index (κ3) is 4.19. The van der Waals surface area contributed by atoms with Gasteiger partial charge in [0.25, 0.3) is 0 Å². The molecule has 158 valence electrons. The van der Waals surface area contributed by atoms with Crippen LogP contribution in [0.1, 0.15) is 27.2 Å². The Morgan fingerprint density at radius 3 is 2.50 bits per heavy atom. The van der Waals surface area contributed by atoms with E-state index in [1.165, 1.54) is 0 Å². The highest BCUT2D eigenvalue weighted by molar-refractivity contribution is 6.08. The highest BCUT2D eigenvalue weighted by atomic mass is 16.5. The third-order valence-corrected chi connectivity index (χ3v) is 5.08. The highest BCUT2D eigenvalue weighted by Gasteiger charge is 2.25. The fraction of sp³-hybridized carbons (Fsp3) is 0.292. The minimum Gasteiger partial charge on any atom is -0.508 e. The first kappa shape index (κ1) is 21.5. The molecule has 0 bridgehead atoms. The molecular formula is C24H28N2O4. The van der Waals surface area contributed by atoms with E-state index in [0.29, 0.717) is 24.2 Å². The van der Waals surface area contributed by atoms with Crippen LogP contribution in [0, 0.1) is 6.92 Å². The fourth-order valence-electron chi connectivity index (χ4n) is 3.67. The van der Waals surface area contributed by atoms with Crippen LogP contribution in [0.15, 0.2) is 49.1 Å². The van der Waals surface area contributed by atoms with Gasteiger partial charge in [0.2, 0.25) is 0 Å². The second-order valence-corrected chi connectivity index (χ2v) is 7.48. The summed E-state index contributed by atoms with van der Waals surface area (Å²) >= 11 is 0. The number of phenols is 1. The topological polar surface area (TPSA) is 63.9 Å². The summed E-state index contributed by atoms with van der Waals surface area (Å²) in [6.07, 6.45) is 1.54. The summed E-state index contributed by atoms with van der Waals surface area (Å²) < 4.78 is 12.7. The molecule has 0 atom stereocenters. The van der Waals surface area contributed by atoms with Crippen molar-refractivity contribution in [3.05, 3.63) is 71.4 Å². The lowest BCUT2D eigenvalue weighted by atomic mass is 10.0. The molecular weight excluding hydrogens is 380 g/mol. The first-order valence-electron chi connectivity index (χ1n) is 9.76. The Balaban J connectivity index is 2.20. The standard InChI is InChI=1S/C24H28N2O4/c1-6-13-30-24(28)22-16(2)26(14-17-7-9-18(29-5)10-8-17)20-11-12-21(27)19(23(20)22)15-25(3)4/h6-12,27H,1,13-15H2,2-5H3.